The highest BCUT2D eigenvalue weighted by Gasteiger charge is 2.35. The number of unbranched alkanes of at least 4 members (excludes halogenated alkanes) is 2. The average molecular weight is 404 g/mol. The maximum atomic E-state index is 12.7. The molecule has 4 nitrogen and oxygen atoms in total. The van der Waals surface area contributed by atoms with E-state index in [1.807, 2.05) is 12.1 Å². The molecule has 0 bridgehead atoms. The minimum absolute atomic E-state index is 0.196. The van der Waals surface area contributed by atoms with Gasteiger partial charge in [-0.3, -0.25) is 14.5 Å². The van der Waals surface area contributed by atoms with Crippen LogP contribution in [0.25, 0.3) is 6.08 Å². The summed E-state index contributed by atoms with van der Waals surface area (Å²) in [5.41, 5.74) is 2.04. The standard InChI is InChI=1S/C23H33NO3S/c1-8-9-10-11-24-20(26)18(28-21(24)27)14-15-12-16(22(2,3)4)19(25)17(13-15)23(5,6)7/h12-14,25H,8-11H2,1-7H3/b18-14-. The number of benzene rings is 1. The molecule has 0 aromatic heterocycles. The third-order valence-electron chi connectivity index (χ3n) is 4.90. The molecule has 2 rings (SSSR count). The molecule has 2 amide bonds. The number of phenols is 1. The van der Waals surface area contributed by atoms with Crippen LogP contribution in [0.5, 0.6) is 5.75 Å². The molecule has 1 aromatic carbocycles. The van der Waals surface area contributed by atoms with Gasteiger partial charge in [0.1, 0.15) is 5.75 Å². The minimum atomic E-state index is -0.243. The predicted octanol–water partition coefficient (Wildman–Crippen LogP) is 6.21. The monoisotopic (exact) mass is 403 g/mol. The van der Waals surface area contributed by atoms with Crippen LogP contribution in [-0.4, -0.2) is 27.7 Å². The quantitative estimate of drug-likeness (QED) is 0.469. The Morgan fingerprint density at radius 2 is 1.54 bits per heavy atom. The molecule has 1 N–H and O–H groups in total. The highest BCUT2D eigenvalue weighted by atomic mass is 32.2. The van der Waals surface area contributed by atoms with Gasteiger partial charge in [-0.25, -0.2) is 0 Å². The van der Waals surface area contributed by atoms with Crippen molar-refractivity contribution in [1.29, 1.82) is 0 Å². The van der Waals surface area contributed by atoms with Crippen molar-refractivity contribution in [2.75, 3.05) is 6.54 Å². The normalized spacial score (nSPS) is 17.1. The zero-order valence-electron chi connectivity index (χ0n) is 18.2. The van der Waals surface area contributed by atoms with Gasteiger partial charge in [-0.05, 0) is 52.8 Å². The Kier molecular flexibility index (Phi) is 6.70. The minimum Gasteiger partial charge on any atom is -0.507 e. The zero-order chi connectivity index (χ0) is 21.3. The summed E-state index contributed by atoms with van der Waals surface area (Å²) in [6.45, 7) is 14.9. The molecule has 28 heavy (non-hydrogen) atoms. The van der Waals surface area contributed by atoms with E-state index in [9.17, 15) is 14.7 Å². The van der Waals surface area contributed by atoms with Crippen LogP contribution in [0.2, 0.25) is 0 Å². The van der Waals surface area contributed by atoms with Crippen LogP contribution < -0.4 is 0 Å². The number of hydrogen-bond donors (Lipinski definition) is 1. The van der Waals surface area contributed by atoms with Crippen molar-refractivity contribution in [3.8, 4) is 5.75 Å². The third kappa shape index (κ3) is 4.99. The first-order valence-electron chi connectivity index (χ1n) is 9.99. The number of aromatic hydroxyl groups is 1. The van der Waals surface area contributed by atoms with Gasteiger partial charge >= 0.3 is 0 Å². The number of imide groups is 1. The molecule has 1 aromatic rings. The second-order valence-corrected chi connectivity index (χ2v) is 10.5. The zero-order valence-corrected chi connectivity index (χ0v) is 19.0. The van der Waals surface area contributed by atoms with Crippen LogP contribution in [0.3, 0.4) is 0 Å². The number of rotatable bonds is 5. The lowest BCUT2D eigenvalue weighted by Crippen LogP contribution is -2.29. The van der Waals surface area contributed by atoms with Crippen molar-refractivity contribution in [3.63, 3.8) is 0 Å². The number of nitrogens with zero attached hydrogens (tertiary/aromatic N) is 1. The van der Waals surface area contributed by atoms with Crippen molar-refractivity contribution < 1.29 is 14.7 Å². The molecular formula is C23H33NO3S. The molecule has 1 saturated heterocycles. The van der Waals surface area contributed by atoms with E-state index < -0.39 is 0 Å². The topological polar surface area (TPSA) is 57.6 Å². The molecule has 1 aliphatic heterocycles. The SMILES string of the molecule is CCCCCN1C(=O)S/C(=C\c2cc(C(C)(C)C)c(O)c(C(C)(C)C)c2)C1=O. The largest absolute Gasteiger partial charge is 0.507 e. The molecule has 1 heterocycles. The molecule has 0 aliphatic carbocycles. The summed E-state index contributed by atoms with van der Waals surface area (Å²) in [6.07, 6.45) is 4.67. The molecule has 1 aliphatic rings. The van der Waals surface area contributed by atoms with Crippen molar-refractivity contribution >= 4 is 29.0 Å². The lowest BCUT2D eigenvalue weighted by atomic mass is 9.78. The molecule has 0 spiro atoms. The second-order valence-electron chi connectivity index (χ2n) is 9.51. The Hall–Kier alpha value is -1.75. The summed E-state index contributed by atoms with van der Waals surface area (Å²) < 4.78 is 0. The number of phenolic OH excluding ortho intramolecular Hbond substituents is 1. The molecule has 0 atom stereocenters. The Morgan fingerprint density at radius 3 is 2.00 bits per heavy atom. The maximum Gasteiger partial charge on any atom is 0.293 e. The fourth-order valence-electron chi connectivity index (χ4n) is 3.25. The van der Waals surface area contributed by atoms with Crippen LogP contribution >= 0.6 is 11.8 Å². The van der Waals surface area contributed by atoms with Gasteiger partial charge in [-0.15, -0.1) is 0 Å². The first-order valence-corrected chi connectivity index (χ1v) is 10.8. The van der Waals surface area contributed by atoms with Gasteiger partial charge in [0.05, 0.1) is 4.91 Å². The molecular weight excluding hydrogens is 370 g/mol. The van der Waals surface area contributed by atoms with Gasteiger partial charge in [0.15, 0.2) is 0 Å². The van der Waals surface area contributed by atoms with E-state index >= 15 is 0 Å². The molecule has 5 heteroatoms. The highest BCUT2D eigenvalue weighted by molar-refractivity contribution is 8.18. The Morgan fingerprint density at radius 1 is 1.00 bits per heavy atom. The summed E-state index contributed by atoms with van der Waals surface area (Å²) in [5.74, 6) is 0.0959. The van der Waals surface area contributed by atoms with E-state index in [4.69, 9.17) is 0 Å². The van der Waals surface area contributed by atoms with Gasteiger partial charge < -0.3 is 5.11 Å². The van der Waals surface area contributed by atoms with E-state index in [1.54, 1.807) is 6.08 Å². The Balaban J connectivity index is 2.45. The first kappa shape index (κ1) is 22.5. The van der Waals surface area contributed by atoms with Gasteiger partial charge in [-0.1, -0.05) is 61.3 Å². The van der Waals surface area contributed by atoms with Gasteiger partial charge in [0, 0.05) is 17.7 Å². The molecule has 0 saturated carbocycles. The van der Waals surface area contributed by atoms with Crippen LogP contribution in [0.4, 0.5) is 4.79 Å². The van der Waals surface area contributed by atoms with E-state index in [1.165, 1.54) is 4.90 Å². The van der Waals surface area contributed by atoms with Crippen molar-refractivity contribution in [2.45, 2.75) is 78.6 Å². The predicted molar refractivity (Wildman–Crippen MR) is 118 cm³/mol. The lowest BCUT2D eigenvalue weighted by molar-refractivity contribution is -0.122. The fraction of sp³-hybridized carbons (Fsp3) is 0.565. The van der Waals surface area contributed by atoms with Crippen LogP contribution in [-0.2, 0) is 15.6 Å². The Bertz CT molecular complexity index is 762. The smallest absolute Gasteiger partial charge is 0.293 e. The number of thioether (sulfide) groups is 1. The Labute approximate surface area is 173 Å². The van der Waals surface area contributed by atoms with Gasteiger partial charge in [-0.2, -0.15) is 0 Å². The molecule has 0 radical (unpaired) electrons. The molecule has 0 unspecified atom stereocenters. The van der Waals surface area contributed by atoms with Crippen molar-refractivity contribution in [3.05, 3.63) is 33.7 Å². The average Bonchev–Trinajstić information content (AvgIpc) is 2.81. The molecule has 1 fully saturated rings. The second kappa shape index (κ2) is 8.32. The summed E-state index contributed by atoms with van der Waals surface area (Å²) in [7, 11) is 0. The summed E-state index contributed by atoms with van der Waals surface area (Å²) in [6, 6.07) is 3.85. The van der Waals surface area contributed by atoms with E-state index in [2.05, 4.69) is 48.5 Å². The number of amides is 2. The summed E-state index contributed by atoms with van der Waals surface area (Å²) in [4.78, 5) is 26.8. The maximum absolute atomic E-state index is 12.7. The van der Waals surface area contributed by atoms with Crippen LogP contribution in [0.1, 0.15) is 84.4 Å². The first-order chi connectivity index (χ1) is 12.9. The van der Waals surface area contributed by atoms with Gasteiger partial charge in [0.25, 0.3) is 11.1 Å². The number of carbonyl (C=O) groups is 2. The van der Waals surface area contributed by atoms with E-state index in [0.717, 1.165) is 47.7 Å². The lowest BCUT2D eigenvalue weighted by Gasteiger charge is -2.28. The highest BCUT2D eigenvalue weighted by Crippen LogP contribution is 2.41. The van der Waals surface area contributed by atoms with E-state index in [-0.39, 0.29) is 22.0 Å². The summed E-state index contributed by atoms with van der Waals surface area (Å²) >= 11 is 1.00. The van der Waals surface area contributed by atoms with Crippen LogP contribution in [0, 0.1) is 0 Å². The summed E-state index contributed by atoms with van der Waals surface area (Å²) in [5, 5.41) is 10.7. The third-order valence-corrected chi connectivity index (χ3v) is 5.81. The molecule has 154 valence electrons. The fourth-order valence-corrected chi connectivity index (χ4v) is 4.11. The van der Waals surface area contributed by atoms with Gasteiger partial charge in [0.2, 0.25) is 0 Å². The number of carbonyl (C=O) groups excluding carboxylic acids is 2. The van der Waals surface area contributed by atoms with Crippen LogP contribution in [0.15, 0.2) is 17.0 Å². The number of hydrogen-bond acceptors (Lipinski definition) is 4. The van der Waals surface area contributed by atoms with Crippen molar-refractivity contribution in [1.82, 2.24) is 4.90 Å². The van der Waals surface area contributed by atoms with E-state index in [0.29, 0.717) is 17.2 Å². The van der Waals surface area contributed by atoms with Crippen molar-refractivity contribution in [2.24, 2.45) is 0 Å².